The van der Waals surface area contributed by atoms with Crippen LogP contribution in [-0.2, 0) is 0 Å². The minimum Gasteiger partial charge on any atom is -0.393 e. The molecule has 1 saturated carbocycles. The predicted octanol–water partition coefficient (Wildman–Crippen LogP) is 0.428. The number of aliphatic hydroxyl groups is 1. The number of likely N-dealkylation sites (tertiary alicyclic amines) is 1. The Kier molecular flexibility index (Phi) is 3.42. The summed E-state index contributed by atoms with van der Waals surface area (Å²) in [6, 6.07) is 0. The highest BCUT2D eigenvalue weighted by molar-refractivity contribution is 4.85. The van der Waals surface area contributed by atoms with Crippen LogP contribution in [-0.4, -0.2) is 42.3 Å². The van der Waals surface area contributed by atoms with Gasteiger partial charge in [-0.25, -0.2) is 0 Å². The van der Waals surface area contributed by atoms with E-state index in [1.807, 2.05) is 0 Å². The van der Waals surface area contributed by atoms with Crippen molar-refractivity contribution < 1.29 is 5.11 Å². The van der Waals surface area contributed by atoms with E-state index in [0.717, 1.165) is 38.5 Å². The molecule has 0 aromatic carbocycles. The fourth-order valence-electron chi connectivity index (χ4n) is 2.49. The zero-order valence-electron chi connectivity index (χ0n) is 8.86. The first-order valence-electron chi connectivity index (χ1n) is 5.90. The lowest BCUT2D eigenvalue weighted by Crippen LogP contribution is -2.45. The quantitative estimate of drug-likeness (QED) is 0.688. The topological polar surface area (TPSA) is 49.5 Å². The molecule has 2 aliphatic rings. The van der Waals surface area contributed by atoms with Crippen molar-refractivity contribution in [1.82, 2.24) is 4.90 Å². The third kappa shape index (κ3) is 2.69. The summed E-state index contributed by atoms with van der Waals surface area (Å²) in [6.45, 7) is 3.83. The van der Waals surface area contributed by atoms with E-state index in [9.17, 15) is 5.11 Å². The van der Waals surface area contributed by atoms with Crippen LogP contribution in [0.2, 0.25) is 0 Å². The van der Waals surface area contributed by atoms with Crippen molar-refractivity contribution in [1.29, 1.82) is 0 Å². The smallest absolute Gasteiger partial charge is 0.0592 e. The third-order valence-electron chi connectivity index (χ3n) is 3.56. The van der Waals surface area contributed by atoms with Gasteiger partial charge in [0, 0.05) is 26.2 Å². The molecule has 2 rings (SSSR count). The minimum atomic E-state index is -0.0513. The Morgan fingerprint density at radius 1 is 1.29 bits per heavy atom. The van der Waals surface area contributed by atoms with Gasteiger partial charge in [-0.3, -0.25) is 0 Å². The third-order valence-corrected chi connectivity index (χ3v) is 3.56. The van der Waals surface area contributed by atoms with Gasteiger partial charge in [-0.05, 0) is 24.7 Å². The van der Waals surface area contributed by atoms with E-state index in [1.165, 1.54) is 19.3 Å². The van der Waals surface area contributed by atoms with Crippen molar-refractivity contribution in [3.05, 3.63) is 0 Å². The van der Waals surface area contributed by atoms with Crippen LogP contribution in [0, 0.1) is 11.8 Å². The molecule has 1 saturated heterocycles. The molecule has 3 heteroatoms. The van der Waals surface area contributed by atoms with Crippen LogP contribution in [0.5, 0.6) is 0 Å². The number of nitrogens with zero attached hydrogens (tertiary/aromatic N) is 1. The van der Waals surface area contributed by atoms with Crippen molar-refractivity contribution in [2.45, 2.75) is 31.8 Å². The van der Waals surface area contributed by atoms with Gasteiger partial charge in [0.2, 0.25) is 0 Å². The molecule has 0 aromatic heterocycles. The van der Waals surface area contributed by atoms with E-state index in [1.54, 1.807) is 0 Å². The predicted molar refractivity (Wildman–Crippen MR) is 56.9 cm³/mol. The molecule has 0 aromatic rings. The van der Waals surface area contributed by atoms with Crippen LogP contribution in [0.3, 0.4) is 0 Å². The average molecular weight is 198 g/mol. The molecule has 0 spiro atoms. The monoisotopic (exact) mass is 198 g/mol. The van der Waals surface area contributed by atoms with Gasteiger partial charge in [-0.2, -0.15) is 0 Å². The lowest BCUT2D eigenvalue weighted by atomic mass is 9.90. The molecule has 14 heavy (non-hydrogen) atoms. The Morgan fingerprint density at radius 2 is 2.07 bits per heavy atom. The highest BCUT2D eigenvalue weighted by atomic mass is 16.3. The van der Waals surface area contributed by atoms with E-state index < -0.39 is 0 Å². The second kappa shape index (κ2) is 4.60. The molecular weight excluding hydrogens is 176 g/mol. The Bertz CT molecular complexity index is 182. The molecule has 0 unspecified atom stereocenters. The molecule has 0 bridgehead atoms. The maximum Gasteiger partial charge on any atom is 0.0592 e. The zero-order valence-corrected chi connectivity index (χ0v) is 8.86. The molecule has 1 heterocycles. The highest BCUT2D eigenvalue weighted by Crippen LogP contribution is 2.37. The number of hydrogen-bond acceptors (Lipinski definition) is 3. The van der Waals surface area contributed by atoms with E-state index in [0.29, 0.717) is 5.92 Å². The van der Waals surface area contributed by atoms with E-state index in [4.69, 9.17) is 5.73 Å². The lowest BCUT2D eigenvalue weighted by Gasteiger charge is -2.36. The molecule has 1 aliphatic carbocycles. The van der Waals surface area contributed by atoms with Crippen molar-refractivity contribution in [3.63, 3.8) is 0 Å². The van der Waals surface area contributed by atoms with Crippen molar-refractivity contribution in [2.75, 3.05) is 26.2 Å². The number of hydrogen-bond donors (Lipinski definition) is 2. The fourth-order valence-corrected chi connectivity index (χ4v) is 2.49. The normalized spacial score (nSPS) is 34.7. The first kappa shape index (κ1) is 10.4. The maximum atomic E-state index is 9.87. The van der Waals surface area contributed by atoms with Crippen LogP contribution in [0.4, 0.5) is 0 Å². The van der Waals surface area contributed by atoms with Gasteiger partial charge < -0.3 is 15.7 Å². The summed E-state index contributed by atoms with van der Waals surface area (Å²) in [4.78, 5) is 2.40. The standard InChI is InChI=1S/C11H22N2O/c12-4-6-13-5-3-11(14)10(8-13)7-9-1-2-9/h9-11,14H,1-8,12H2/t10-,11+/m0/s1. The molecule has 3 nitrogen and oxygen atoms in total. The number of nitrogens with two attached hydrogens (primary N) is 1. The van der Waals surface area contributed by atoms with Gasteiger partial charge in [0.25, 0.3) is 0 Å². The number of aliphatic hydroxyl groups excluding tert-OH is 1. The van der Waals surface area contributed by atoms with Crippen LogP contribution in [0.1, 0.15) is 25.7 Å². The molecule has 2 fully saturated rings. The van der Waals surface area contributed by atoms with Gasteiger partial charge in [0.1, 0.15) is 0 Å². The first-order valence-corrected chi connectivity index (χ1v) is 5.90. The fraction of sp³-hybridized carbons (Fsp3) is 1.00. The molecule has 3 N–H and O–H groups in total. The minimum absolute atomic E-state index is 0.0513. The highest BCUT2D eigenvalue weighted by Gasteiger charge is 2.32. The van der Waals surface area contributed by atoms with Crippen molar-refractivity contribution in [2.24, 2.45) is 17.6 Å². The zero-order chi connectivity index (χ0) is 9.97. The van der Waals surface area contributed by atoms with Crippen LogP contribution < -0.4 is 5.73 Å². The summed E-state index contributed by atoms with van der Waals surface area (Å²) < 4.78 is 0. The SMILES string of the molecule is NCCN1CC[C@@H](O)[C@@H](CC2CC2)C1. The molecule has 0 radical (unpaired) electrons. The maximum absolute atomic E-state index is 9.87. The van der Waals surface area contributed by atoms with Gasteiger partial charge in [0.05, 0.1) is 6.10 Å². The second-order valence-corrected chi connectivity index (χ2v) is 4.88. The van der Waals surface area contributed by atoms with Gasteiger partial charge in [0.15, 0.2) is 0 Å². The summed E-state index contributed by atoms with van der Waals surface area (Å²) in [7, 11) is 0. The molecule has 1 aliphatic heterocycles. The molecular formula is C11H22N2O. The van der Waals surface area contributed by atoms with E-state index >= 15 is 0 Å². The van der Waals surface area contributed by atoms with E-state index in [2.05, 4.69) is 4.90 Å². The summed E-state index contributed by atoms with van der Waals surface area (Å²) in [5.74, 6) is 1.44. The summed E-state index contributed by atoms with van der Waals surface area (Å²) >= 11 is 0. The Balaban J connectivity index is 1.79. The van der Waals surface area contributed by atoms with Gasteiger partial charge >= 0.3 is 0 Å². The van der Waals surface area contributed by atoms with E-state index in [-0.39, 0.29) is 6.10 Å². The molecule has 2 atom stereocenters. The molecule has 0 amide bonds. The van der Waals surface area contributed by atoms with Crippen LogP contribution in [0.15, 0.2) is 0 Å². The Morgan fingerprint density at radius 3 is 2.71 bits per heavy atom. The van der Waals surface area contributed by atoms with Gasteiger partial charge in [-0.1, -0.05) is 12.8 Å². The first-order chi connectivity index (χ1) is 6.79. The summed E-state index contributed by atoms with van der Waals surface area (Å²) in [5.41, 5.74) is 5.55. The Labute approximate surface area is 86.3 Å². The Hall–Kier alpha value is -0.120. The number of piperidine rings is 1. The van der Waals surface area contributed by atoms with Gasteiger partial charge in [-0.15, -0.1) is 0 Å². The van der Waals surface area contributed by atoms with Crippen LogP contribution >= 0.6 is 0 Å². The summed E-state index contributed by atoms with van der Waals surface area (Å²) in [6.07, 6.45) is 4.91. The van der Waals surface area contributed by atoms with Crippen LogP contribution in [0.25, 0.3) is 0 Å². The summed E-state index contributed by atoms with van der Waals surface area (Å²) in [5, 5.41) is 9.87. The largest absolute Gasteiger partial charge is 0.393 e. The molecule has 82 valence electrons. The van der Waals surface area contributed by atoms with Crippen molar-refractivity contribution in [3.8, 4) is 0 Å². The van der Waals surface area contributed by atoms with Crippen molar-refractivity contribution >= 4 is 0 Å². The lowest BCUT2D eigenvalue weighted by molar-refractivity contribution is 0.0217. The number of rotatable bonds is 4. The second-order valence-electron chi connectivity index (χ2n) is 4.88. The average Bonchev–Trinajstić information content (AvgIpc) is 2.95.